The van der Waals surface area contributed by atoms with Gasteiger partial charge in [-0.3, -0.25) is 4.79 Å². The lowest BCUT2D eigenvalue weighted by molar-refractivity contribution is -0.146. The number of methoxy groups -OCH3 is 1. The van der Waals surface area contributed by atoms with Crippen molar-refractivity contribution >= 4 is 38.4 Å². The number of aromatic nitrogens is 1. The zero-order valence-corrected chi connectivity index (χ0v) is 11.2. The summed E-state index contributed by atoms with van der Waals surface area (Å²) in [6.45, 7) is 1.68. The molecular weight excluding hydrogens is 292 g/mol. The Bertz CT molecular complexity index is 450. The summed E-state index contributed by atoms with van der Waals surface area (Å²) in [5, 5.41) is 2.95. The van der Waals surface area contributed by atoms with E-state index >= 15 is 0 Å². The Balaban J connectivity index is 1.78. The normalized spacial score (nSPS) is 31.4. The number of rotatable bonds is 2. The van der Waals surface area contributed by atoms with Gasteiger partial charge < -0.3 is 9.64 Å². The second-order valence-electron chi connectivity index (χ2n) is 4.38. The van der Waals surface area contributed by atoms with Gasteiger partial charge >= 0.3 is 5.97 Å². The average molecular weight is 303 g/mol. The summed E-state index contributed by atoms with van der Waals surface area (Å²) < 4.78 is 5.74. The fraction of sp³-hybridized carbons (Fsp3) is 0.600. The molecule has 1 aromatic heterocycles. The number of anilines is 1. The summed E-state index contributed by atoms with van der Waals surface area (Å²) in [7, 11) is 1.47. The molecule has 1 saturated heterocycles. The topological polar surface area (TPSA) is 42.4 Å². The first-order valence-electron chi connectivity index (χ1n) is 5.10. The number of ether oxygens (including phenoxy) is 1. The molecule has 1 aliphatic carbocycles. The number of hydrogen-bond donors (Lipinski definition) is 0. The van der Waals surface area contributed by atoms with Crippen LogP contribution in [-0.4, -0.2) is 31.2 Å². The van der Waals surface area contributed by atoms with E-state index in [1.165, 1.54) is 7.11 Å². The highest BCUT2D eigenvalue weighted by molar-refractivity contribution is 9.10. The summed E-state index contributed by atoms with van der Waals surface area (Å²) in [5.41, 5.74) is -0.229. The molecule has 1 aliphatic heterocycles. The lowest BCUT2D eigenvalue weighted by Gasteiger charge is -2.18. The van der Waals surface area contributed by atoms with Crippen LogP contribution in [0, 0.1) is 11.3 Å². The molecule has 3 rings (SSSR count). The number of halogens is 1. The molecule has 2 atom stereocenters. The van der Waals surface area contributed by atoms with Crippen molar-refractivity contribution in [2.75, 3.05) is 25.1 Å². The Morgan fingerprint density at radius 1 is 1.81 bits per heavy atom. The second kappa shape index (κ2) is 3.43. The molecule has 0 aromatic carbocycles. The van der Waals surface area contributed by atoms with Gasteiger partial charge in [-0.05, 0) is 28.3 Å². The van der Waals surface area contributed by atoms with Crippen molar-refractivity contribution in [2.45, 2.75) is 6.42 Å². The van der Waals surface area contributed by atoms with E-state index in [0.717, 1.165) is 29.2 Å². The molecule has 2 aliphatic rings. The zero-order valence-electron chi connectivity index (χ0n) is 8.77. The summed E-state index contributed by atoms with van der Waals surface area (Å²) >= 11 is 4.95. The maximum Gasteiger partial charge on any atom is 0.313 e. The van der Waals surface area contributed by atoms with Crippen LogP contribution < -0.4 is 4.90 Å². The average Bonchev–Trinajstić information content (AvgIpc) is 2.65. The maximum atomic E-state index is 11.7. The number of nitrogens with zero attached hydrogens (tertiary/aromatic N) is 2. The van der Waals surface area contributed by atoms with Gasteiger partial charge in [-0.2, -0.15) is 0 Å². The summed E-state index contributed by atoms with van der Waals surface area (Å²) in [5.74, 6) is 0.401. The smallest absolute Gasteiger partial charge is 0.313 e. The van der Waals surface area contributed by atoms with Crippen molar-refractivity contribution < 1.29 is 9.53 Å². The molecule has 1 saturated carbocycles. The van der Waals surface area contributed by atoms with E-state index in [0.29, 0.717) is 5.92 Å². The summed E-state index contributed by atoms with van der Waals surface area (Å²) in [4.78, 5) is 18.2. The molecule has 0 unspecified atom stereocenters. The van der Waals surface area contributed by atoms with Gasteiger partial charge in [-0.1, -0.05) is 0 Å². The number of piperidine rings is 1. The highest BCUT2D eigenvalue weighted by Gasteiger charge is 2.66. The molecule has 0 N–H and O–H groups in total. The van der Waals surface area contributed by atoms with E-state index in [1.54, 1.807) is 11.3 Å². The molecule has 4 nitrogen and oxygen atoms in total. The maximum absolute atomic E-state index is 11.7. The van der Waals surface area contributed by atoms with Crippen LogP contribution >= 0.6 is 27.3 Å². The molecule has 1 aromatic rings. The van der Waals surface area contributed by atoms with Crippen LogP contribution in [0.3, 0.4) is 0 Å². The quantitative estimate of drug-likeness (QED) is 0.783. The highest BCUT2D eigenvalue weighted by Crippen LogP contribution is 2.59. The minimum atomic E-state index is -0.229. The van der Waals surface area contributed by atoms with Crippen LogP contribution in [0.25, 0.3) is 0 Å². The van der Waals surface area contributed by atoms with E-state index in [4.69, 9.17) is 4.74 Å². The molecule has 2 heterocycles. The van der Waals surface area contributed by atoms with Crippen molar-refractivity contribution in [3.8, 4) is 0 Å². The van der Waals surface area contributed by atoms with Crippen LogP contribution in [0.4, 0.5) is 5.13 Å². The van der Waals surface area contributed by atoms with E-state index in [-0.39, 0.29) is 11.4 Å². The van der Waals surface area contributed by atoms with Crippen LogP contribution in [0.15, 0.2) is 9.98 Å². The SMILES string of the molecule is COC(=O)[C@]12C[C@H]1CN(c1nc(Br)cs1)C2. The van der Waals surface area contributed by atoms with Crippen molar-refractivity contribution in [3.63, 3.8) is 0 Å². The Morgan fingerprint density at radius 3 is 3.25 bits per heavy atom. The predicted octanol–water partition coefficient (Wildman–Crippen LogP) is 1.90. The molecule has 0 radical (unpaired) electrons. The van der Waals surface area contributed by atoms with E-state index in [2.05, 4.69) is 25.8 Å². The van der Waals surface area contributed by atoms with Crippen LogP contribution in [0.1, 0.15) is 6.42 Å². The predicted molar refractivity (Wildman–Crippen MR) is 64.6 cm³/mol. The van der Waals surface area contributed by atoms with Gasteiger partial charge in [0.15, 0.2) is 5.13 Å². The van der Waals surface area contributed by atoms with E-state index in [1.807, 2.05) is 5.38 Å². The first-order chi connectivity index (χ1) is 7.65. The first kappa shape index (κ1) is 10.5. The van der Waals surface area contributed by atoms with Gasteiger partial charge in [0.25, 0.3) is 0 Å². The molecule has 2 fully saturated rings. The number of hydrogen-bond acceptors (Lipinski definition) is 5. The van der Waals surface area contributed by atoms with Gasteiger partial charge in [0.1, 0.15) is 4.60 Å². The lowest BCUT2D eigenvalue weighted by Crippen LogP contribution is -2.29. The van der Waals surface area contributed by atoms with Crippen LogP contribution in [-0.2, 0) is 9.53 Å². The van der Waals surface area contributed by atoms with E-state index in [9.17, 15) is 4.79 Å². The molecular formula is C10H11BrN2O2S. The number of carbonyl (C=O) groups excluding carboxylic acids is 1. The number of thiazole rings is 1. The Labute approximate surface area is 106 Å². The molecule has 6 heteroatoms. The Morgan fingerprint density at radius 2 is 2.62 bits per heavy atom. The minimum absolute atomic E-state index is 0.0596. The standard InChI is InChI=1S/C10H11BrN2O2S/c1-15-8(14)10-2-6(10)3-13(5-10)9-12-7(11)4-16-9/h4,6H,2-3,5H2,1H3/t6-,10-/m0/s1. The van der Waals surface area contributed by atoms with Crippen molar-refractivity contribution in [1.29, 1.82) is 0 Å². The molecule has 0 bridgehead atoms. The summed E-state index contributed by atoms with van der Waals surface area (Å²) in [6, 6.07) is 0. The van der Waals surface area contributed by atoms with Crippen molar-refractivity contribution in [2.24, 2.45) is 11.3 Å². The number of fused-ring (bicyclic) bond motifs is 1. The van der Waals surface area contributed by atoms with Gasteiger partial charge in [0.2, 0.25) is 0 Å². The van der Waals surface area contributed by atoms with Crippen LogP contribution in [0.5, 0.6) is 0 Å². The third kappa shape index (κ3) is 1.39. The first-order valence-corrected chi connectivity index (χ1v) is 6.77. The van der Waals surface area contributed by atoms with E-state index < -0.39 is 0 Å². The second-order valence-corrected chi connectivity index (χ2v) is 6.03. The Kier molecular flexibility index (Phi) is 2.26. The number of esters is 1. The zero-order chi connectivity index (χ0) is 11.3. The third-order valence-electron chi connectivity index (χ3n) is 3.47. The molecule has 0 spiro atoms. The van der Waals surface area contributed by atoms with Gasteiger partial charge in [0.05, 0.1) is 12.5 Å². The third-order valence-corrected chi connectivity index (χ3v) is 5.08. The van der Waals surface area contributed by atoms with Crippen molar-refractivity contribution in [3.05, 3.63) is 9.98 Å². The fourth-order valence-electron chi connectivity index (χ4n) is 2.54. The number of carbonyl (C=O) groups is 1. The van der Waals surface area contributed by atoms with Crippen molar-refractivity contribution in [1.82, 2.24) is 4.98 Å². The monoisotopic (exact) mass is 302 g/mol. The minimum Gasteiger partial charge on any atom is -0.469 e. The van der Waals surface area contributed by atoms with Gasteiger partial charge in [-0.25, -0.2) is 4.98 Å². The molecule has 86 valence electrons. The van der Waals surface area contributed by atoms with Gasteiger partial charge in [-0.15, -0.1) is 11.3 Å². The largest absolute Gasteiger partial charge is 0.469 e. The van der Waals surface area contributed by atoms with Crippen LogP contribution in [0.2, 0.25) is 0 Å². The molecule has 0 amide bonds. The van der Waals surface area contributed by atoms with Gasteiger partial charge in [0, 0.05) is 18.5 Å². The fourth-order valence-corrected chi connectivity index (χ4v) is 3.80. The lowest BCUT2D eigenvalue weighted by atomic mass is 10.1. The highest BCUT2D eigenvalue weighted by atomic mass is 79.9. The molecule has 16 heavy (non-hydrogen) atoms. The summed E-state index contributed by atoms with van der Waals surface area (Å²) in [6.07, 6.45) is 0.975. The Hall–Kier alpha value is -0.620.